The van der Waals surface area contributed by atoms with Gasteiger partial charge in [-0.3, -0.25) is 4.79 Å². The summed E-state index contributed by atoms with van der Waals surface area (Å²) >= 11 is 1.71. The van der Waals surface area contributed by atoms with Gasteiger partial charge in [0.25, 0.3) is 0 Å². The Morgan fingerprint density at radius 1 is 1.39 bits per heavy atom. The van der Waals surface area contributed by atoms with E-state index in [4.69, 9.17) is 0 Å². The minimum absolute atomic E-state index is 0.0538. The van der Waals surface area contributed by atoms with Crippen LogP contribution in [-0.4, -0.2) is 92.9 Å². The summed E-state index contributed by atoms with van der Waals surface area (Å²) < 4.78 is 23.5. The molecule has 1 N–H and O–H groups in total. The van der Waals surface area contributed by atoms with Crippen molar-refractivity contribution in [1.82, 2.24) is 15.1 Å². The van der Waals surface area contributed by atoms with Crippen LogP contribution in [0.25, 0.3) is 0 Å². The summed E-state index contributed by atoms with van der Waals surface area (Å²) in [4.78, 5) is 19.6. The van der Waals surface area contributed by atoms with Gasteiger partial charge in [0, 0.05) is 39.5 Å². The van der Waals surface area contributed by atoms with Gasteiger partial charge in [0.1, 0.15) is 6.54 Å². The average molecular weight is 365 g/mol. The SMILES string of the molecule is CSCCNC(=NCC(=O)N(C)C)N1CCS(=O)(=O)C(C)(C)C1. The fraction of sp³-hybridized carbons (Fsp3) is 0.857. The van der Waals surface area contributed by atoms with Crippen molar-refractivity contribution in [2.24, 2.45) is 4.99 Å². The van der Waals surface area contributed by atoms with Crippen molar-refractivity contribution in [3.8, 4) is 0 Å². The second kappa shape index (κ2) is 8.23. The van der Waals surface area contributed by atoms with Gasteiger partial charge in [-0.2, -0.15) is 11.8 Å². The number of carbonyl (C=O) groups excluding carboxylic acids is 1. The Kier molecular flexibility index (Phi) is 7.19. The van der Waals surface area contributed by atoms with Gasteiger partial charge in [0.05, 0.1) is 10.5 Å². The molecule has 7 nitrogen and oxygen atoms in total. The Labute approximate surface area is 143 Å². The van der Waals surface area contributed by atoms with Gasteiger partial charge in [-0.05, 0) is 20.1 Å². The molecule has 1 rings (SSSR count). The van der Waals surface area contributed by atoms with Crippen molar-refractivity contribution in [3.05, 3.63) is 0 Å². The maximum absolute atomic E-state index is 12.1. The number of amides is 1. The highest BCUT2D eigenvalue weighted by molar-refractivity contribution is 7.98. The third kappa shape index (κ3) is 5.56. The number of carbonyl (C=O) groups is 1. The van der Waals surface area contributed by atoms with Crippen LogP contribution in [0.15, 0.2) is 4.99 Å². The second-order valence-electron chi connectivity index (χ2n) is 6.35. The monoisotopic (exact) mass is 364 g/mol. The lowest BCUT2D eigenvalue weighted by atomic mass is 10.2. The van der Waals surface area contributed by atoms with Crippen LogP contribution in [0.1, 0.15) is 13.8 Å². The standard InChI is InChI=1S/C14H28N4O3S2/c1-14(2)11-18(7-9-23(14,20)21)13(15-6-8-22-5)16-10-12(19)17(3)4/h6-11H2,1-5H3,(H,15,16). The first-order valence-electron chi connectivity index (χ1n) is 7.55. The Morgan fingerprint density at radius 2 is 2.04 bits per heavy atom. The summed E-state index contributed by atoms with van der Waals surface area (Å²) in [6, 6.07) is 0. The van der Waals surface area contributed by atoms with E-state index in [-0.39, 0.29) is 18.2 Å². The highest BCUT2D eigenvalue weighted by Gasteiger charge is 2.41. The Morgan fingerprint density at radius 3 is 2.57 bits per heavy atom. The van der Waals surface area contributed by atoms with Crippen LogP contribution in [0.4, 0.5) is 0 Å². The third-order valence-corrected chi connectivity index (χ3v) is 6.94. The Hall–Kier alpha value is -0.960. The molecule has 1 heterocycles. The molecule has 0 radical (unpaired) electrons. The number of hydrogen-bond donors (Lipinski definition) is 1. The van der Waals surface area contributed by atoms with Crippen molar-refractivity contribution in [2.75, 3.05) is 58.0 Å². The van der Waals surface area contributed by atoms with E-state index in [0.29, 0.717) is 19.0 Å². The van der Waals surface area contributed by atoms with Crippen LogP contribution in [0.3, 0.4) is 0 Å². The quantitative estimate of drug-likeness (QED) is 0.416. The number of nitrogens with one attached hydrogen (secondary N) is 1. The van der Waals surface area contributed by atoms with Crippen LogP contribution in [-0.2, 0) is 14.6 Å². The highest BCUT2D eigenvalue weighted by atomic mass is 32.2. The van der Waals surface area contributed by atoms with Gasteiger partial charge in [0.15, 0.2) is 15.8 Å². The fourth-order valence-electron chi connectivity index (χ4n) is 2.14. The summed E-state index contributed by atoms with van der Waals surface area (Å²) in [5.74, 6) is 1.54. The minimum atomic E-state index is -3.10. The molecule has 0 atom stereocenters. The number of hydrogen-bond acceptors (Lipinski definition) is 5. The normalized spacial score (nSPS) is 20.2. The molecule has 0 aromatic heterocycles. The zero-order valence-corrected chi connectivity index (χ0v) is 16.3. The van der Waals surface area contributed by atoms with Crippen LogP contribution < -0.4 is 5.32 Å². The number of thioether (sulfide) groups is 1. The van der Waals surface area contributed by atoms with Gasteiger partial charge in [-0.25, -0.2) is 13.4 Å². The zero-order valence-electron chi connectivity index (χ0n) is 14.6. The van der Waals surface area contributed by atoms with Crippen LogP contribution in [0.5, 0.6) is 0 Å². The first kappa shape index (κ1) is 20.1. The van der Waals surface area contributed by atoms with Crippen LogP contribution >= 0.6 is 11.8 Å². The maximum Gasteiger partial charge on any atom is 0.243 e. The Bertz CT molecular complexity index is 544. The van der Waals surface area contributed by atoms with Gasteiger partial charge in [0.2, 0.25) is 5.91 Å². The summed E-state index contributed by atoms with van der Waals surface area (Å²) in [5.41, 5.74) is 0. The van der Waals surface area contributed by atoms with Crippen molar-refractivity contribution < 1.29 is 13.2 Å². The molecule has 134 valence electrons. The molecule has 9 heteroatoms. The second-order valence-corrected chi connectivity index (χ2v) is 10.1. The first-order valence-corrected chi connectivity index (χ1v) is 10.6. The fourth-order valence-corrected chi connectivity index (χ4v) is 3.81. The van der Waals surface area contributed by atoms with Crippen LogP contribution in [0.2, 0.25) is 0 Å². The van der Waals surface area contributed by atoms with Gasteiger partial charge in [-0.15, -0.1) is 0 Å². The molecule has 0 bridgehead atoms. The lowest BCUT2D eigenvalue weighted by Crippen LogP contribution is -2.57. The minimum Gasteiger partial charge on any atom is -0.355 e. The first-order chi connectivity index (χ1) is 10.6. The van der Waals surface area contributed by atoms with Crippen molar-refractivity contribution >= 4 is 33.5 Å². The molecular weight excluding hydrogens is 336 g/mol. The molecule has 1 saturated heterocycles. The molecular formula is C14H28N4O3S2. The maximum atomic E-state index is 12.1. The average Bonchev–Trinajstić information content (AvgIpc) is 2.45. The number of rotatable bonds is 5. The van der Waals surface area contributed by atoms with Crippen LogP contribution in [0, 0.1) is 0 Å². The van der Waals surface area contributed by atoms with E-state index < -0.39 is 14.6 Å². The summed E-state index contributed by atoms with van der Waals surface area (Å²) in [5, 5.41) is 3.24. The molecule has 0 aliphatic carbocycles. The largest absolute Gasteiger partial charge is 0.355 e. The molecule has 1 aliphatic heterocycles. The van der Waals surface area contributed by atoms with E-state index in [1.54, 1.807) is 39.7 Å². The van der Waals surface area contributed by atoms with E-state index in [1.165, 1.54) is 4.90 Å². The number of likely N-dealkylation sites (N-methyl/N-ethyl adjacent to an activating group) is 1. The highest BCUT2D eigenvalue weighted by Crippen LogP contribution is 2.23. The lowest BCUT2D eigenvalue weighted by Gasteiger charge is -2.39. The topological polar surface area (TPSA) is 82.1 Å². The van der Waals surface area contributed by atoms with Gasteiger partial charge >= 0.3 is 0 Å². The van der Waals surface area contributed by atoms with E-state index in [1.807, 2.05) is 11.2 Å². The van der Waals surface area contributed by atoms with Crippen molar-refractivity contribution in [3.63, 3.8) is 0 Å². The number of guanidine groups is 1. The van der Waals surface area contributed by atoms with Crippen molar-refractivity contribution in [1.29, 1.82) is 0 Å². The predicted octanol–water partition coefficient (Wildman–Crippen LogP) is -0.108. The Balaban J connectivity index is 2.87. The predicted molar refractivity (Wildman–Crippen MR) is 96.8 cm³/mol. The molecule has 23 heavy (non-hydrogen) atoms. The lowest BCUT2D eigenvalue weighted by molar-refractivity contribution is -0.127. The molecule has 0 aromatic carbocycles. The molecule has 1 aliphatic rings. The van der Waals surface area contributed by atoms with E-state index >= 15 is 0 Å². The van der Waals surface area contributed by atoms with E-state index in [0.717, 1.165) is 12.3 Å². The van der Waals surface area contributed by atoms with Gasteiger partial charge < -0.3 is 15.1 Å². The summed E-state index contributed by atoms with van der Waals surface area (Å²) in [6.07, 6.45) is 2.02. The summed E-state index contributed by atoms with van der Waals surface area (Å²) in [7, 11) is 0.278. The molecule has 1 fully saturated rings. The summed E-state index contributed by atoms with van der Waals surface area (Å²) in [6.45, 7) is 5.01. The molecule has 1 amide bonds. The molecule has 0 unspecified atom stereocenters. The zero-order chi connectivity index (χ0) is 17.7. The number of aliphatic imine (C=N–C) groups is 1. The van der Waals surface area contributed by atoms with Crippen molar-refractivity contribution in [2.45, 2.75) is 18.6 Å². The molecule has 0 saturated carbocycles. The van der Waals surface area contributed by atoms with E-state index in [9.17, 15) is 13.2 Å². The molecule has 0 aromatic rings. The number of nitrogens with zero attached hydrogens (tertiary/aromatic N) is 3. The molecule has 0 spiro atoms. The third-order valence-electron chi connectivity index (χ3n) is 3.80. The van der Waals surface area contributed by atoms with E-state index in [2.05, 4.69) is 10.3 Å². The smallest absolute Gasteiger partial charge is 0.243 e. The number of sulfone groups is 1. The van der Waals surface area contributed by atoms with Gasteiger partial charge in [-0.1, -0.05) is 0 Å².